The van der Waals surface area contributed by atoms with Crippen molar-refractivity contribution in [2.24, 2.45) is 4.99 Å². The number of aromatic nitrogens is 1. The summed E-state index contributed by atoms with van der Waals surface area (Å²) in [6.45, 7) is 6.21. The molecule has 0 aliphatic carbocycles. The summed E-state index contributed by atoms with van der Waals surface area (Å²) in [4.78, 5) is 16.3. The molecule has 1 unspecified atom stereocenters. The van der Waals surface area contributed by atoms with Gasteiger partial charge in [-0.1, -0.05) is 35.3 Å². The van der Waals surface area contributed by atoms with Gasteiger partial charge in [-0.05, 0) is 50.5 Å². The molecular formula is C20H27Cl2IN4O. The second-order valence-electron chi connectivity index (χ2n) is 6.23. The van der Waals surface area contributed by atoms with Gasteiger partial charge in [0.1, 0.15) is 0 Å². The van der Waals surface area contributed by atoms with Crippen LogP contribution < -0.4 is 16.2 Å². The third-order valence-corrected chi connectivity index (χ3v) is 4.66. The minimum Gasteiger partial charge on any atom is -0.357 e. The molecule has 1 heterocycles. The summed E-state index contributed by atoms with van der Waals surface area (Å²) in [5.41, 5.74) is 1.000. The highest BCUT2D eigenvalue weighted by Crippen LogP contribution is 2.25. The Labute approximate surface area is 193 Å². The van der Waals surface area contributed by atoms with Crippen molar-refractivity contribution in [2.45, 2.75) is 39.3 Å². The van der Waals surface area contributed by atoms with Crippen molar-refractivity contribution < 1.29 is 0 Å². The van der Waals surface area contributed by atoms with E-state index < -0.39 is 0 Å². The lowest BCUT2D eigenvalue weighted by Gasteiger charge is -2.19. The lowest BCUT2D eigenvalue weighted by Crippen LogP contribution is -2.38. The fourth-order valence-corrected chi connectivity index (χ4v) is 3.26. The van der Waals surface area contributed by atoms with Crippen molar-refractivity contribution in [1.29, 1.82) is 0 Å². The van der Waals surface area contributed by atoms with Gasteiger partial charge in [0.15, 0.2) is 5.96 Å². The van der Waals surface area contributed by atoms with E-state index in [1.165, 1.54) is 0 Å². The fourth-order valence-electron chi connectivity index (χ4n) is 2.69. The Morgan fingerprint density at radius 2 is 2.00 bits per heavy atom. The number of guanidine groups is 1. The van der Waals surface area contributed by atoms with Crippen LogP contribution in [0.4, 0.5) is 0 Å². The van der Waals surface area contributed by atoms with E-state index in [1.807, 2.05) is 38.2 Å². The first-order valence-corrected chi connectivity index (χ1v) is 9.92. The lowest BCUT2D eigenvalue weighted by atomic mass is 10.1. The molecule has 1 aromatic carbocycles. The number of unbranched alkanes of at least 4 members (excludes halogenated alkanes) is 1. The Hall–Kier alpha value is -1.25. The molecule has 0 bridgehead atoms. The van der Waals surface area contributed by atoms with Gasteiger partial charge in [-0.15, -0.1) is 24.0 Å². The average molecular weight is 537 g/mol. The molecule has 0 saturated carbocycles. The van der Waals surface area contributed by atoms with Crippen LogP contribution in [-0.2, 0) is 6.54 Å². The summed E-state index contributed by atoms with van der Waals surface area (Å²) < 4.78 is 1.72. The number of aliphatic imine (C=N–C) groups is 1. The van der Waals surface area contributed by atoms with Crippen LogP contribution in [0.3, 0.4) is 0 Å². The topological polar surface area (TPSA) is 58.4 Å². The van der Waals surface area contributed by atoms with Gasteiger partial charge < -0.3 is 15.2 Å². The number of rotatable bonds is 8. The Morgan fingerprint density at radius 1 is 1.21 bits per heavy atom. The van der Waals surface area contributed by atoms with E-state index in [2.05, 4.69) is 15.6 Å². The van der Waals surface area contributed by atoms with Crippen LogP contribution in [0.15, 0.2) is 52.4 Å². The molecule has 1 aromatic heterocycles. The number of pyridine rings is 1. The van der Waals surface area contributed by atoms with Gasteiger partial charge in [0.25, 0.3) is 0 Å². The summed E-state index contributed by atoms with van der Waals surface area (Å²) in [5, 5.41) is 7.87. The second-order valence-corrected chi connectivity index (χ2v) is 7.08. The van der Waals surface area contributed by atoms with Crippen LogP contribution >= 0.6 is 47.2 Å². The number of nitrogens with zero attached hydrogens (tertiary/aromatic N) is 2. The van der Waals surface area contributed by atoms with E-state index in [9.17, 15) is 4.79 Å². The van der Waals surface area contributed by atoms with Crippen molar-refractivity contribution in [3.63, 3.8) is 0 Å². The molecule has 8 heteroatoms. The van der Waals surface area contributed by atoms with Gasteiger partial charge in [0.2, 0.25) is 5.56 Å². The van der Waals surface area contributed by atoms with E-state index in [1.54, 1.807) is 22.8 Å². The number of hydrogen-bond donors (Lipinski definition) is 2. The predicted molar refractivity (Wildman–Crippen MR) is 129 cm³/mol. The smallest absolute Gasteiger partial charge is 0.250 e. The molecule has 2 N–H and O–H groups in total. The van der Waals surface area contributed by atoms with Crippen LogP contribution in [0.2, 0.25) is 10.0 Å². The van der Waals surface area contributed by atoms with E-state index in [4.69, 9.17) is 23.2 Å². The maximum Gasteiger partial charge on any atom is 0.250 e. The largest absolute Gasteiger partial charge is 0.357 e. The van der Waals surface area contributed by atoms with Crippen molar-refractivity contribution in [3.8, 4) is 0 Å². The highest BCUT2D eigenvalue weighted by atomic mass is 127. The quantitative estimate of drug-likeness (QED) is 0.219. The van der Waals surface area contributed by atoms with Gasteiger partial charge >= 0.3 is 0 Å². The molecule has 0 amide bonds. The molecule has 0 aliphatic heterocycles. The standard InChI is InChI=1S/C20H26Cl2N4O.HI/c1-3-23-20(25-15(2)17-10-9-16(21)14-18(17)22)24-11-5-7-13-26-12-6-4-8-19(26)27;/h4,6,8-10,12,14-15H,3,5,7,11,13H2,1-2H3,(H2,23,24,25);1H. The van der Waals surface area contributed by atoms with E-state index >= 15 is 0 Å². The highest BCUT2D eigenvalue weighted by molar-refractivity contribution is 14.0. The zero-order chi connectivity index (χ0) is 19.6. The highest BCUT2D eigenvalue weighted by Gasteiger charge is 2.11. The van der Waals surface area contributed by atoms with Crippen LogP contribution in [0.25, 0.3) is 0 Å². The zero-order valence-corrected chi connectivity index (χ0v) is 20.0. The van der Waals surface area contributed by atoms with Crippen molar-refractivity contribution >= 4 is 53.1 Å². The molecule has 0 radical (unpaired) electrons. The normalized spacial score (nSPS) is 12.2. The molecule has 0 aliphatic rings. The minimum absolute atomic E-state index is 0. The monoisotopic (exact) mass is 536 g/mol. The van der Waals surface area contributed by atoms with Crippen LogP contribution in [0, 0.1) is 0 Å². The van der Waals surface area contributed by atoms with Crippen molar-refractivity contribution in [1.82, 2.24) is 15.2 Å². The SMILES string of the molecule is CCNC(=NCCCCn1ccccc1=O)NC(C)c1ccc(Cl)cc1Cl.I. The van der Waals surface area contributed by atoms with E-state index in [0.717, 1.165) is 30.9 Å². The van der Waals surface area contributed by atoms with Crippen LogP contribution in [0.1, 0.15) is 38.3 Å². The maximum atomic E-state index is 11.7. The molecule has 0 saturated heterocycles. The average Bonchev–Trinajstić information content (AvgIpc) is 2.62. The molecule has 2 rings (SSSR count). The third kappa shape index (κ3) is 8.01. The summed E-state index contributed by atoms with van der Waals surface area (Å²) in [7, 11) is 0. The van der Waals surface area contributed by atoms with Crippen LogP contribution in [0.5, 0.6) is 0 Å². The number of halogens is 3. The lowest BCUT2D eigenvalue weighted by molar-refractivity contribution is 0.596. The van der Waals surface area contributed by atoms with E-state index in [-0.39, 0.29) is 35.6 Å². The predicted octanol–water partition coefficient (Wildman–Crippen LogP) is 4.87. The first kappa shape index (κ1) is 24.8. The molecule has 154 valence electrons. The fraction of sp³-hybridized carbons (Fsp3) is 0.400. The number of nitrogens with one attached hydrogen (secondary N) is 2. The van der Waals surface area contributed by atoms with Crippen LogP contribution in [-0.4, -0.2) is 23.6 Å². The number of aryl methyl sites for hydroxylation is 1. The molecule has 0 spiro atoms. The second kappa shape index (κ2) is 13.1. The summed E-state index contributed by atoms with van der Waals surface area (Å²) >= 11 is 12.3. The first-order chi connectivity index (χ1) is 13.0. The minimum atomic E-state index is -0.00420. The Balaban J connectivity index is 0.00000392. The summed E-state index contributed by atoms with van der Waals surface area (Å²) in [6.07, 6.45) is 3.61. The van der Waals surface area contributed by atoms with Gasteiger partial charge in [-0.25, -0.2) is 0 Å². The Morgan fingerprint density at radius 3 is 2.68 bits per heavy atom. The van der Waals surface area contributed by atoms with Gasteiger partial charge in [-0.2, -0.15) is 0 Å². The van der Waals surface area contributed by atoms with Gasteiger partial charge in [-0.3, -0.25) is 9.79 Å². The van der Waals surface area contributed by atoms with Gasteiger partial charge in [0, 0.05) is 41.9 Å². The molecule has 1 atom stereocenters. The Bertz CT molecular complexity index is 826. The van der Waals surface area contributed by atoms with E-state index in [0.29, 0.717) is 23.1 Å². The zero-order valence-electron chi connectivity index (χ0n) is 16.1. The molecule has 2 aromatic rings. The maximum absolute atomic E-state index is 11.7. The third-order valence-electron chi connectivity index (χ3n) is 4.10. The molecule has 0 fully saturated rings. The number of hydrogen-bond acceptors (Lipinski definition) is 2. The first-order valence-electron chi connectivity index (χ1n) is 9.16. The number of benzene rings is 1. The molecular weight excluding hydrogens is 510 g/mol. The molecule has 28 heavy (non-hydrogen) atoms. The van der Waals surface area contributed by atoms with Crippen molar-refractivity contribution in [2.75, 3.05) is 13.1 Å². The summed E-state index contributed by atoms with van der Waals surface area (Å²) in [6, 6.07) is 10.7. The summed E-state index contributed by atoms with van der Waals surface area (Å²) in [5.74, 6) is 0.743. The van der Waals surface area contributed by atoms with Crippen molar-refractivity contribution in [3.05, 3.63) is 68.6 Å². The van der Waals surface area contributed by atoms with Gasteiger partial charge in [0.05, 0.1) is 6.04 Å². The Kier molecular flexibility index (Phi) is 11.6. The molecule has 5 nitrogen and oxygen atoms in total.